The van der Waals surface area contributed by atoms with E-state index < -0.39 is 0 Å². The quantitative estimate of drug-likeness (QED) is 0.611. The number of rotatable bonds is 3. The summed E-state index contributed by atoms with van der Waals surface area (Å²) in [5.41, 5.74) is 4.07. The summed E-state index contributed by atoms with van der Waals surface area (Å²) in [5, 5.41) is 9.63. The molecular weight excluding hydrogens is 342 g/mol. The molecule has 1 aromatic carbocycles. The van der Waals surface area contributed by atoms with Crippen molar-refractivity contribution in [1.29, 1.82) is 0 Å². The van der Waals surface area contributed by atoms with Crippen LogP contribution >= 0.6 is 15.9 Å². The lowest BCUT2D eigenvalue weighted by Crippen LogP contribution is -2.00. The third kappa shape index (κ3) is 2.53. The topological polar surface area (TPSA) is 59.4 Å². The van der Waals surface area contributed by atoms with Crippen LogP contribution in [0.2, 0.25) is 0 Å². The highest BCUT2D eigenvalue weighted by molar-refractivity contribution is 9.10. The number of aromatic amines is 1. The van der Waals surface area contributed by atoms with Crippen molar-refractivity contribution in [3.63, 3.8) is 0 Å². The highest BCUT2D eigenvalue weighted by Gasteiger charge is 2.06. The van der Waals surface area contributed by atoms with E-state index >= 15 is 0 Å². The molecule has 0 saturated heterocycles. The number of benzene rings is 1. The first-order valence-corrected chi connectivity index (χ1v) is 7.64. The molecule has 0 amide bonds. The van der Waals surface area contributed by atoms with E-state index in [1.807, 2.05) is 23.1 Å². The van der Waals surface area contributed by atoms with Crippen molar-refractivity contribution in [2.75, 3.05) is 0 Å². The fraction of sp³-hybridized carbons (Fsp3) is 0.0625. The average molecular weight is 354 g/mol. The highest BCUT2D eigenvalue weighted by Crippen LogP contribution is 2.20. The Labute approximate surface area is 135 Å². The second kappa shape index (κ2) is 5.38. The van der Waals surface area contributed by atoms with Gasteiger partial charge in [0.15, 0.2) is 0 Å². The number of hydrogen-bond donors (Lipinski definition) is 1. The first-order chi connectivity index (χ1) is 10.8. The maximum absolute atomic E-state index is 4.22. The van der Waals surface area contributed by atoms with Gasteiger partial charge in [-0.15, -0.1) is 5.10 Å². The molecule has 0 aliphatic carbocycles. The van der Waals surface area contributed by atoms with Gasteiger partial charge in [0.25, 0.3) is 0 Å². The number of pyridine rings is 1. The summed E-state index contributed by atoms with van der Waals surface area (Å²) in [7, 11) is 0. The molecule has 4 aromatic rings. The van der Waals surface area contributed by atoms with Crippen LogP contribution < -0.4 is 0 Å². The summed E-state index contributed by atoms with van der Waals surface area (Å²) in [6.07, 6.45) is 7.41. The fourth-order valence-corrected chi connectivity index (χ4v) is 2.81. The van der Waals surface area contributed by atoms with Crippen LogP contribution in [0.3, 0.4) is 0 Å². The van der Waals surface area contributed by atoms with Crippen molar-refractivity contribution in [1.82, 2.24) is 25.0 Å². The second-order valence-electron chi connectivity index (χ2n) is 5.09. The smallest absolute Gasteiger partial charge is 0.114 e. The predicted molar refractivity (Wildman–Crippen MR) is 88.4 cm³/mol. The summed E-state index contributed by atoms with van der Waals surface area (Å²) >= 11 is 3.42. The number of nitrogens with one attached hydrogen (secondary N) is 1. The minimum atomic E-state index is 0.684. The Balaban J connectivity index is 1.61. The largest absolute Gasteiger partial charge is 0.361 e. The Kier molecular flexibility index (Phi) is 3.23. The molecule has 6 heteroatoms. The van der Waals surface area contributed by atoms with Gasteiger partial charge in [0.1, 0.15) is 5.69 Å². The van der Waals surface area contributed by atoms with Gasteiger partial charge in [-0.1, -0.05) is 17.3 Å². The highest BCUT2D eigenvalue weighted by atomic mass is 79.9. The molecule has 0 atom stereocenters. The lowest BCUT2D eigenvalue weighted by molar-refractivity contribution is 0.650. The van der Waals surface area contributed by atoms with Gasteiger partial charge >= 0.3 is 0 Å². The molecule has 0 aliphatic rings. The van der Waals surface area contributed by atoms with Gasteiger partial charge < -0.3 is 4.98 Å². The lowest BCUT2D eigenvalue weighted by Gasteiger charge is -2.01. The number of nitrogens with zero attached hydrogens (tertiary/aromatic N) is 4. The van der Waals surface area contributed by atoms with Gasteiger partial charge in [-0.2, -0.15) is 0 Å². The van der Waals surface area contributed by atoms with Crippen LogP contribution in [0.25, 0.3) is 22.2 Å². The minimum Gasteiger partial charge on any atom is -0.361 e. The molecule has 108 valence electrons. The van der Waals surface area contributed by atoms with Gasteiger partial charge in [0.2, 0.25) is 0 Å². The SMILES string of the molecule is Brc1cncc(-c2cn(Cc3ccc4cc[nH]c4c3)nn2)c1. The van der Waals surface area contributed by atoms with Crippen molar-refractivity contribution in [3.8, 4) is 11.3 Å². The van der Waals surface area contributed by atoms with Crippen molar-refractivity contribution >= 4 is 26.8 Å². The standard InChI is InChI=1S/C16H12BrN5/c17-14-6-13(7-18-8-14)16-10-22(21-20-16)9-11-1-2-12-3-4-19-15(12)5-11/h1-8,10,19H,9H2. The zero-order valence-electron chi connectivity index (χ0n) is 11.6. The summed E-state index contributed by atoms with van der Waals surface area (Å²) in [4.78, 5) is 7.38. The van der Waals surface area contributed by atoms with Crippen LogP contribution in [-0.2, 0) is 6.54 Å². The maximum Gasteiger partial charge on any atom is 0.114 e. The van der Waals surface area contributed by atoms with Gasteiger partial charge in [0.05, 0.1) is 12.7 Å². The number of halogens is 1. The molecule has 4 rings (SSSR count). The molecule has 0 radical (unpaired) electrons. The molecule has 0 fully saturated rings. The molecule has 0 unspecified atom stereocenters. The van der Waals surface area contributed by atoms with Gasteiger partial charge in [-0.05, 0) is 45.1 Å². The molecule has 0 saturated carbocycles. The fourth-order valence-electron chi connectivity index (χ4n) is 2.44. The second-order valence-corrected chi connectivity index (χ2v) is 6.01. The first-order valence-electron chi connectivity index (χ1n) is 6.85. The summed E-state index contributed by atoms with van der Waals surface area (Å²) in [6, 6.07) is 10.4. The predicted octanol–water partition coefficient (Wildman–Crippen LogP) is 3.63. The van der Waals surface area contributed by atoms with Crippen LogP contribution in [0.15, 0.2) is 59.6 Å². The maximum atomic E-state index is 4.22. The summed E-state index contributed by atoms with van der Waals surface area (Å²) in [5.74, 6) is 0. The Morgan fingerprint density at radius 3 is 3.00 bits per heavy atom. The Hall–Kier alpha value is -2.47. The average Bonchev–Trinajstić information content (AvgIpc) is 3.16. The van der Waals surface area contributed by atoms with E-state index in [0.29, 0.717) is 6.54 Å². The molecule has 22 heavy (non-hydrogen) atoms. The van der Waals surface area contributed by atoms with Crippen molar-refractivity contribution in [2.45, 2.75) is 6.54 Å². The Morgan fingerprint density at radius 1 is 1.14 bits per heavy atom. The molecule has 1 N–H and O–H groups in total. The first kappa shape index (κ1) is 13.2. The number of fused-ring (bicyclic) bond motifs is 1. The molecule has 0 spiro atoms. The van der Waals surface area contributed by atoms with Crippen molar-refractivity contribution in [2.24, 2.45) is 0 Å². The van der Waals surface area contributed by atoms with E-state index in [1.165, 1.54) is 10.9 Å². The van der Waals surface area contributed by atoms with Crippen LogP contribution in [0.1, 0.15) is 5.56 Å². The Morgan fingerprint density at radius 2 is 2.09 bits per heavy atom. The van der Waals surface area contributed by atoms with Crippen LogP contribution in [0.5, 0.6) is 0 Å². The number of aromatic nitrogens is 5. The normalized spacial score (nSPS) is 11.1. The molecule has 5 nitrogen and oxygen atoms in total. The third-order valence-electron chi connectivity index (χ3n) is 3.50. The Bertz CT molecular complexity index is 940. The van der Waals surface area contributed by atoms with E-state index in [9.17, 15) is 0 Å². The van der Waals surface area contributed by atoms with E-state index in [2.05, 4.69) is 60.5 Å². The van der Waals surface area contributed by atoms with Gasteiger partial charge in [-0.3, -0.25) is 4.98 Å². The number of hydrogen-bond acceptors (Lipinski definition) is 3. The molecule has 0 aliphatic heterocycles. The summed E-state index contributed by atoms with van der Waals surface area (Å²) < 4.78 is 2.76. The van der Waals surface area contributed by atoms with E-state index in [4.69, 9.17) is 0 Å². The number of H-pyrrole nitrogens is 1. The van der Waals surface area contributed by atoms with Crippen LogP contribution in [0.4, 0.5) is 0 Å². The van der Waals surface area contributed by atoms with Crippen molar-refractivity contribution in [3.05, 3.63) is 65.2 Å². The zero-order chi connectivity index (χ0) is 14.9. The summed E-state index contributed by atoms with van der Waals surface area (Å²) in [6.45, 7) is 0.684. The molecule has 0 bridgehead atoms. The van der Waals surface area contributed by atoms with Gasteiger partial charge in [0, 0.05) is 34.1 Å². The van der Waals surface area contributed by atoms with Crippen molar-refractivity contribution < 1.29 is 0 Å². The van der Waals surface area contributed by atoms with E-state index in [0.717, 1.165) is 21.2 Å². The molecule has 3 heterocycles. The van der Waals surface area contributed by atoms with E-state index in [1.54, 1.807) is 12.4 Å². The minimum absolute atomic E-state index is 0.684. The third-order valence-corrected chi connectivity index (χ3v) is 3.94. The van der Waals surface area contributed by atoms with Crippen LogP contribution in [-0.4, -0.2) is 25.0 Å². The lowest BCUT2D eigenvalue weighted by atomic mass is 10.1. The molecular formula is C16H12BrN5. The monoisotopic (exact) mass is 353 g/mol. The molecule has 3 aromatic heterocycles. The zero-order valence-corrected chi connectivity index (χ0v) is 13.2. The van der Waals surface area contributed by atoms with E-state index in [-0.39, 0.29) is 0 Å². The van der Waals surface area contributed by atoms with Crippen LogP contribution in [0, 0.1) is 0 Å². The van der Waals surface area contributed by atoms with Gasteiger partial charge in [-0.25, -0.2) is 4.68 Å².